The summed E-state index contributed by atoms with van der Waals surface area (Å²) in [6.07, 6.45) is 0. The molecule has 0 bridgehead atoms. The quantitative estimate of drug-likeness (QED) is 0.656. The maximum absolute atomic E-state index is 9.54. The fraction of sp³-hybridized carbons (Fsp3) is 0.400. The van der Waals surface area contributed by atoms with Crippen LogP contribution in [0.5, 0.6) is 5.75 Å². The van der Waals surface area contributed by atoms with Gasteiger partial charge in [-0.1, -0.05) is 38.4 Å². The lowest BCUT2D eigenvalue weighted by Gasteiger charge is -2.20. The van der Waals surface area contributed by atoms with Gasteiger partial charge in [-0.3, -0.25) is 0 Å². The van der Waals surface area contributed by atoms with Gasteiger partial charge in [-0.25, -0.2) is 0 Å². The van der Waals surface area contributed by atoms with E-state index in [2.05, 4.69) is 20.8 Å². The van der Waals surface area contributed by atoms with Gasteiger partial charge in [0.1, 0.15) is 5.75 Å². The largest absolute Gasteiger partial charge is 0.508 e. The van der Waals surface area contributed by atoms with Crippen LogP contribution in [0, 0.1) is 0 Å². The topological polar surface area (TPSA) is 20.2 Å². The van der Waals surface area contributed by atoms with E-state index >= 15 is 0 Å². The maximum Gasteiger partial charge on any atom is 0.120 e. The van der Waals surface area contributed by atoms with E-state index in [1.165, 1.54) is 0 Å². The zero-order chi connectivity index (χ0) is 9.35. The molecule has 1 rings (SSSR count). The molecule has 0 radical (unpaired) electrons. The Bertz CT molecular complexity index is 286. The zero-order valence-corrected chi connectivity index (χ0v) is 8.31. The average molecular weight is 185 g/mol. The molecule has 0 spiro atoms. The Morgan fingerprint density at radius 3 is 2.25 bits per heavy atom. The lowest BCUT2D eigenvalue weighted by atomic mass is 9.86. The fourth-order valence-corrected chi connectivity index (χ4v) is 1.31. The number of rotatable bonds is 0. The van der Waals surface area contributed by atoms with Crippen LogP contribution in [0.15, 0.2) is 18.2 Å². The number of benzene rings is 1. The molecule has 1 N–H and O–H groups in total. The first-order valence-corrected chi connectivity index (χ1v) is 4.28. The molecule has 0 aliphatic rings. The van der Waals surface area contributed by atoms with Crippen LogP contribution in [0.3, 0.4) is 0 Å². The van der Waals surface area contributed by atoms with Gasteiger partial charge >= 0.3 is 0 Å². The van der Waals surface area contributed by atoms with Crippen molar-refractivity contribution in [1.29, 1.82) is 0 Å². The molecule has 0 fully saturated rings. The zero-order valence-electron chi connectivity index (χ0n) is 7.56. The van der Waals surface area contributed by atoms with Crippen molar-refractivity contribution >= 4 is 11.6 Å². The van der Waals surface area contributed by atoms with Crippen LogP contribution in [-0.4, -0.2) is 5.11 Å². The number of phenolic OH excluding ortho intramolecular Hbond substituents is 1. The molecule has 0 aliphatic heterocycles. The van der Waals surface area contributed by atoms with E-state index in [9.17, 15) is 5.11 Å². The standard InChI is InChI=1S/C10H13ClO/c1-10(2,3)8-5-4-7(11)6-9(8)12/h4-6,12H,1-3H3. The minimum absolute atomic E-state index is 0.0331. The summed E-state index contributed by atoms with van der Waals surface area (Å²) in [4.78, 5) is 0. The van der Waals surface area contributed by atoms with Crippen molar-refractivity contribution in [2.75, 3.05) is 0 Å². The Balaban J connectivity index is 3.19. The summed E-state index contributed by atoms with van der Waals surface area (Å²) in [6, 6.07) is 5.22. The highest BCUT2D eigenvalue weighted by molar-refractivity contribution is 6.30. The van der Waals surface area contributed by atoms with Gasteiger partial charge in [-0.05, 0) is 23.1 Å². The summed E-state index contributed by atoms with van der Waals surface area (Å²) < 4.78 is 0. The van der Waals surface area contributed by atoms with E-state index in [1.54, 1.807) is 12.1 Å². The van der Waals surface area contributed by atoms with E-state index < -0.39 is 0 Å². The molecule has 66 valence electrons. The van der Waals surface area contributed by atoms with Crippen LogP contribution < -0.4 is 0 Å². The van der Waals surface area contributed by atoms with E-state index in [-0.39, 0.29) is 11.2 Å². The monoisotopic (exact) mass is 184 g/mol. The van der Waals surface area contributed by atoms with Gasteiger partial charge in [0.15, 0.2) is 0 Å². The minimum Gasteiger partial charge on any atom is -0.508 e. The summed E-state index contributed by atoms with van der Waals surface area (Å²) in [7, 11) is 0. The van der Waals surface area contributed by atoms with Gasteiger partial charge in [0.2, 0.25) is 0 Å². The van der Waals surface area contributed by atoms with Gasteiger partial charge < -0.3 is 5.11 Å². The van der Waals surface area contributed by atoms with Crippen molar-refractivity contribution in [1.82, 2.24) is 0 Å². The Morgan fingerprint density at radius 1 is 1.25 bits per heavy atom. The van der Waals surface area contributed by atoms with Gasteiger partial charge in [-0.2, -0.15) is 0 Å². The lowest BCUT2D eigenvalue weighted by molar-refractivity contribution is 0.447. The molecule has 0 saturated heterocycles. The Labute approximate surface area is 78.0 Å². The molecule has 0 heterocycles. The van der Waals surface area contributed by atoms with E-state index in [4.69, 9.17) is 11.6 Å². The Morgan fingerprint density at radius 2 is 1.83 bits per heavy atom. The Kier molecular flexibility index (Phi) is 2.34. The second-order valence-electron chi connectivity index (χ2n) is 3.91. The van der Waals surface area contributed by atoms with Crippen molar-refractivity contribution in [2.24, 2.45) is 0 Å². The van der Waals surface area contributed by atoms with Crippen LogP contribution in [0.25, 0.3) is 0 Å². The molecule has 1 nitrogen and oxygen atoms in total. The van der Waals surface area contributed by atoms with Crippen molar-refractivity contribution in [3.63, 3.8) is 0 Å². The molecule has 12 heavy (non-hydrogen) atoms. The summed E-state index contributed by atoms with van der Waals surface area (Å²) >= 11 is 5.71. The number of halogens is 1. The van der Waals surface area contributed by atoms with E-state index in [0.29, 0.717) is 5.02 Å². The normalized spacial score (nSPS) is 11.7. The molecule has 2 heteroatoms. The first kappa shape index (κ1) is 9.40. The first-order chi connectivity index (χ1) is 5.41. The lowest BCUT2D eigenvalue weighted by Crippen LogP contribution is -2.10. The summed E-state index contributed by atoms with van der Waals surface area (Å²) in [5.41, 5.74) is 0.890. The number of phenols is 1. The molecule has 0 unspecified atom stereocenters. The van der Waals surface area contributed by atoms with Crippen LogP contribution in [0.2, 0.25) is 5.02 Å². The van der Waals surface area contributed by atoms with Crippen molar-refractivity contribution in [2.45, 2.75) is 26.2 Å². The molecule has 0 amide bonds. The molecule has 1 aromatic rings. The van der Waals surface area contributed by atoms with Crippen molar-refractivity contribution in [3.8, 4) is 5.75 Å². The van der Waals surface area contributed by atoms with E-state index in [1.807, 2.05) is 6.07 Å². The molecular formula is C10H13ClO. The third kappa shape index (κ3) is 1.92. The first-order valence-electron chi connectivity index (χ1n) is 3.90. The highest BCUT2D eigenvalue weighted by Gasteiger charge is 2.17. The maximum atomic E-state index is 9.54. The third-order valence-electron chi connectivity index (χ3n) is 1.77. The highest BCUT2D eigenvalue weighted by Crippen LogP contribution is 2.32. The second kappa shape index (κ2) is 2.98. The molecule has 0 atom stereocenters. The summed E-state index contributed by atoms with van der Waals surface area (Å²) in [5, 5.41) is 10.1. The van der Waals surface area contributed by atoms with Crippen LogP contribution in [0.4, 0.5) is 0 Å². The molecule has 0 aliphatic carbocycles. The van der Waals surface area contributed by atoms with Gasteiger partial charge in [0.25, 0.3) is 0 Å². The predicted octanol–water partition coefficient (Wildman–Crippen LogP) is 3.34. The molecule has 0 saturated carbocycles. The molecule has 1 aromatic carbocycles. The Hall–Kier alpha value is -0.690. The highest BCUT2D eigenvalue weighted by atomic mass is 35.5. The van der Waals surface area contributed by atoms with E-state index in [0.717, 1.165) is 5.56 Å². The van der Waals surface area contributed by atoms with Gasteiger partial charge in [0.05, 0.1) is 0 Å². The van der Waals surface area contributed by atoms with Gasteiger partial charge in [-0.15, -0.1) is 0 Å². The van der Waals surface area contributed by atoms with Crippen molar-refractivity contribution < 1.29 is 5.11 Å². The SMILES string of the molecule is CC(C)(C)c1ccc(Cl)cc1O. The number of aromatic hydroxyl groups is 1. The fourth-order valence-electron chi connectivity index (χ4n) is 1.14. The second-order valence-corrected chi connectivity index (χ2v) is 4.35. The van der Waals surface area contributed by atoms with Crippen LogP contribution in [-0.2, 0) is 5.41 Å². The number of hydrogen-bond acceptors (Lipinski definition) is 1. The van der Waals surface area contributed by atoms with Crippen LogP contribution >= 0.6 is 11.6 Å². The molecule has 0 aromatic heterocycles. The summed E-state index contributed by atoms with van der Waals surface area (Å²) in [5.74, 6) is 0.273. The number of hydrogen-bond donors (Lipinski definition) is 1. The van der Waals surface area contributed by atoms with Crippen LogP contribution in [0.1, 0.15) is 26.3 Å². The van der Waals surface area contributed by atoms with Crippen molar-refractivity contribution in [3.05, 3.63) is 28.8 Å². The minimum atomic E-state index is -0.0331. The smallest absolute Gasteiger partial charge is 0.120 e. The third-order valence-corrected chi connectivity index (χ3v) is 2.00. The van der Waals surface area contributed by atoms with Gasteiger partial charge in [0, 0.05) is 5.02 Å². The summed E-state index contributed by atoms with van der Waals surface area (Å²) in [6.45, 7) is 6.15. The predicted molar refractivity (Wildman–Crippen MR) is 51.8 cm³/mol. The average Bonchev–Trinajstić information content (AvgIpc) is 1.83. The molecular weight excluding hydrogens is 172 g/mol.